The number of hydrogen-bond acceptors (Lipinski definition) is 5. The van der Waals surface area contributed by atoms with Gasteiger partial charge in [0.25, 0.3) is 0 Å². The fourth-order valence-electron chi connectivity index (χ4n) is 2.59. The molecule has 0 radical (unpaired) electrons. The summed E-state index contributed by atoms with van der Waals surface area (Å²) in [6, 6.07) is 2.03. The summed E-state index contributed by atoms with van der Waals surface area (Å²) in [5, 5.41) is 0. The topological polar surface area (TPSA) is 75.3 Å². The van der Waals surface area contributed by atoms with Crippen LogP contribution in [0.25, 0.3) is 0 Å². The van der Waals surface area contributed by atoms with Crippen molar-refractivity contribution < 1.29 is 4.79 Å². The van der Waals surface area contributed by atoms with Gasteiger partial charge in [0.05, 0.1) is 0 Å². The first-order valence-corrected chi connectivity index (χ1v) is 8.09. The number of aromatic nitrogens is 2. The van der Waals surface area contributed by atoms with Gasteiger partial charge in [-0.25, -0.2) is 9.97 Å². The van der Waals surface area contributed by atoms with Crippen molar-refractivity contribution in [2.75, 3.05) is 37.6 Å². The number of anilines is 1. The molecule has 0 atom stereocenters. The van der Waals surface area contributed by atoms with Crippen molar-refractivity contribution in [3.05, 3.63) is 17.6 Å². The Balaban J connectivity index is 0.00000264. The molecule has 1 amide bonds. The minimum atomic E-state index is 0. The first-order chi connectivity index (χ1) is 10.5. The zero-order chi connectivity index (χ0) is 16.1. The highest BCUT2D eigenvalue weighted by molar-refractivity contribution is 5.85. The molecule has 1 fully saturated rings. The van der Waals surface area contributed by atoms with Gasteiger partial charge in [-0.3, -0.25) is 4.79 Å². The molecule has 1 saturated heterocycles. The van der Waals surface area contributed by atoms with E-state index in [2.05, 4.69) is 28.7 Å². The number of nitrogens with zero attached hydrogens (tertiary/aromatic N) is 4. The second-order valence-corrected chi connectivity index (χ2v) is 6.14. The lowest BCUT2D eigenvalue weighted by Crippen LogP contribution is -2.49. The van der Waals surface area contributed by atoms with Gasteiger partial charge in [-0.05, 0) is 19.9 Å². The monoisotopic (exact) mass is 377 g/mol. The Labute approximate surface area is 157 Å². The van der Waals surface area contributed by atoms with Crippen molar-refractivity contribution in [2.45, 2.75) is 39.5 Å². The molecule has 24 heavy (non-hydrogen) atoms. The molecule has 1 aliphatic rings. The van der Waals surface area contributed by atoms with E-state index in [9.17, 15) is 4.79 Å². The average Bonchev–Trinajstić information content (AvgIpc) is 2.52. The zero-order valence-electron chi connectivity index (χ0n) is 14.7. The number of carbonyl (C=O) groups excluding carboxylic acids is 1. The van der Waals surface area contributed by atoms with Gasteiger partial charge in [0.2, 0.25) is 5.91 Å². The fraction of sp³-hybridized carbons (Fsp3) is 0.688. The summed E-state index contributed by atoms with van der Waals surface area (Å²) in [4.78, 5) is 25.4. The largest absolute Gasteiger partial charge is 0.353 e. The van der Waals surface area contributed by atoms with Crippen LogP contribution in [0.15, 0.2) is 6.07 Å². The van der Waals surface area contributed by atoms with Crippen LogP contribution in [0.1, 0.15) is 44.1 Å². The molecular formula is C16H29Cl2N5O. The SMILES string of the molecule is Cc1cc(N2CCN(C(=O)CCCN)CC2)nc(C(C)C)n1.Cl.Cl. The molecule has 2 rings (SSSR count). The molecule has 138 valence electrons. The molecule has 2 heterocycles. The molecule has 2 N–H and O–H groups in total. The number of hydrogen-bond donors (Lipinski definition) is 1. The third-order valence-corrected chi connectivity index (χ3v) is 3.93. The molecule has 0 spiro atoms. The highest BCUT2D eigenvalue weighted by Gasteiger charge is 2.22. The van der Waals surface area contributed by atoms with Crippen LogP contribution in [0.5, 0.6) is 0 Å². The maximum atomic E-state index is 12.0. The van der Waals surface area contributed by atoms with E-state index in [1.54, 1.807) is 0 Å². The van der Waals surface area contributed by atoms with E-state index < -0.39 is 0 Å². The van der Waals surface area contributed by atoms with E-state index in [4.69, 9.17) is 5.73 Å². The molecule has 1 aromatic heterocycles. The summed E-state index contributed by atoms with van der Waals surface area (Å²) in [7, 11) is 0. The molecule has 6 nitrogen and oxygen atoms in total. The summed E-state index contributed by atoms with van der Waals surface area (Å²) in [6.07, 6.45) is 1.32. The molecule has 0 saturated carbocycles. The number of piperazine rings is 1. The minimum Gasteiger partial charge on any atom is -0.353 e. The Morgan fingerprint density at radius 2 is 1.83 bits per heavy atom. The number of amides is 1. The molecule has 0 unspecified atom stereocenters. The lowest BCUT2D eigenvalue weighted by atomic mass is 10.2. The molecule has 0 aliphatic carbocycles. The molecule has 8 heteroatoms. The Hall–Kier alpha value is -1.11. The highest BCUT2D eigenvalue weighted by Crippen LogP contribution is 2.18. The van der Waals surface area contributed by atoms with Crippen LogP contribution >= 0.6 is 24.8 Å². The average molecular weight is 378 g/mol. The van der Waals surface area contributed by atoms with Crippen molar-refractivity contribution in [1.82, 2.24) is 14.9 Å². The van der Waals surface area contributed by atoms with E-state index in [1.807, 2.05) is 17.9 Å². The van der Waals surface area contributed by atoms with Gasteiger partial charge < -0.3 is 15.5 Å². The van der Waals surface area contributed by atoms with Gasteiger partial charge in [0, 0.05) is 50.3 Å². The van der Waals surface area contributed by atoms with Crippen molar-refractivity contribution in [1.29, 1.82) is 0 Å². The van der Waals surface area contributed by atoms with E-state index in [0.29, 0.717) is 18.9 Å². The highest BCUT2D eigenvalue weighted by atomic mass is 35.5. The Bertz CT molecular complexity index is 519. The maximum Gasteiger partial charge on any atom is 0.222 e. The lowest BCUT2D eigenvalue weighted by molar-refractivity contribution is -0.131. The van der Waals surface area contributed by atoms with Crippen LogP contribution in [0, 0.1) is 6.92 Å². The van der Waals surface area contributed by atoms with E-state index >= 15 is 0 Å². The summed E-state index contributed by atoms with van der Waals surface area (Å²) < 4.78 is 0. The normalized spacial score (nSPS) is 14.2. The predicted octanol–water partition coefficient (Wildman–Crippen LogP) is 2.14. The Kier molecular flexibility index (Phi) is 10.2. The third kappa shape index (κ3) is 6.07. The maximum absolute atomic E-state index is 12.0. The van der Waals surface area contributed by atoms with Crippen molar-refractivity contribution in [2.24, 2.45) is 5.73 Å². The lowest BCUT2D eigenvalue weighted by Gasteiger charge is -2.35. The van der Waals surface area contributed by atoms with Gasteiger partial charge in [0.15, 0.2) is 0 Å². The summed E-state index contributed by atoms with van der Waals surface area (Å²) in [5.41, 5.74) is 6.46. The number of aryl methyl sites for hydroxylation is 1. The molecule has 1 aliphatic heterocycles. The van der Waals surface area contributed by atoms with Crippen LogP contribution in [0.3, 0.4) is 0 Å². The van der Waals surface area contributed by atoms with Crippen LogP contribution in [0.4, 0.5) is 5.82 Å². The Morgan fingerprint density at radius 3 is 2.38 bits per heavy atom. The van der Waals surface area contributed by atoms with E-state index in [0.717, 1.165) is 49.9 Å². The van der Waals surface area contributed by atoms with Crippen LogP contribution in [-0.2, 0) is 4.79 Å². The van der Waals surface area contributed by atoms with Gasteiger partial charge in [-0.2, -0.15) is 0 Å². The molecule has 0 bridgehead atoms. The van der Waals surface area contributed by atoms with Crippen LogP contribution < -0.4 is 10.6 Å². The smallest absolute Gasteiger partial charge is 0.222 e. The van der Waals surface area contributed by atoms with Crippen LogP contribution in [0.2, 0.25) is 0 Å². The summed E-state index contributed by atoms with van der Waals surface area (Å²) in [6.45, 7) is 9.93. The number of nitrogens with two attached hydrogens (primary N) is 1. The van der Waals surface area contributed by atoms with Gasteiger partial charge >= 0.3 is 0 Å². The molecular weight excluding hydrogens is 349 g/mol. The van der Waals surface area contributed by atoms with E-state index in [1.165, 1.54) is 0 Å². The quantitative estimate of drug-likeness (QED) is 0.850. The van der Waals surface area contributed by atoms with Gasteiger partial charge in [0.1, 0.15) is 11.6 Å². The van der Waals surface area contributed by atoms with Crippen molar-refractivity contribution >= 4 is 36.5 Å². The predicted molar refractivity (Wildman–Crippen MR) is 102 cm³/mol. The van der Waals surface area contributed by atoms with Crippen molar-refractivity contribution in [3.8, 4) is 0 Å². The molecule has 1 aromatic rings. The summed E-state index contributed by atoms with van der Waals surface area (Å²) >= 11 is 0. The van der Waals surface area contributed by atoms with Gasteiger partial charge in [-0.1, -0.05) is 13.8 Å². The second-order valence-electron chi connectivity index (χ2n) is 6.14. The first kappa shape index (κ1) is 22.9. The third-order valence-electron chi connectivity index (χ3n) is 3.93. The minimum absolute atomic E-state index is 0. The summed E-state index contributed by atoms with van der Waals surface area (Å²) in [5.74, 6) is 2.39. The molecule has 0 aromatic carbocycles. The first-order valence-electron chi connectivity index (χ1n) is 8.09. The van der Waals surface area contributed by atoms with Crippen molar-refractivity contribution in [3.63, 3.8) is 0 Å². The number of halogens is 2. The van der Waals surface area contributed by atoms with Gasteiger partial charge in [-0.15, -0.1) is 24.8 Å². The zero-order valence-corrected chi connectivity index (χ0v) is 16.3. The van der Waals surface area contributed by atoms with Crippen LogP contribution in [-0.4, -0.2) is 53.5 Å². The van der Waals surface area contributed by atoms with E-state index in [-0.39, 0.29) is 30.7 Å². The number of carbonyl (C=O) groups is 1. The Morgan fingerprint density at radius 1 is 1.21 bits per heavy atom. The number of rotatable bonds is 5. The standard InChI is InChI=1S/C16H27N5O.2ClH/c1-12(2)16-18-13(3)11-14(19-16)20-7-9-21(10-8-20)15(22)5-4-6-17;;/h11-12H,4-10,17H2,1-3H3;2*1H. The second kappa shape index (κ2) is 10.7. The fourth-order valence-corrected chi connectivity index (χ4v) is 2.59.